The molecule has 2 heterocycles. The van der Waals surface area contributed by atoms with Crippen LogP contribution in [0.2, 0.25) is 0 Å². The van der Waals surface area contributed by atoms with Crippen LogP contribution in [0.25, 0.3) is 5.69 Å². The van der Waals surface area contributed by atoms with Crippen LogP contribution in [0, 0.1) is 0 Å². The smallest absolute Gasteiger partial charge is 0.0994 e. The van der Waals surface area contributed by atoms with E-state index in [2.05, 4.69) is 46.1 Å². The highest BCUT2D eigenvalue weighted by molar-refractivity contribution is 5.38. The lowest BCUT2D eigenvalue weighted by Gasteiger charge is -2.14. The highest BCUT2D eigenvalue weighted by Gasteiger charge is 2.20. The van der Waals surface area contributed by atoms with Crippen molar-refractivity contribution in [2.45, 2.75) is 32.2 Å². The van der Waals surface area contributed by atoms with Gasteiger partial charge < -0.3 is 9.88 Å². The van der Waals surface area contributed by atoms with Gasteiger partial charge in [-0.25, -0.2) is 4.98 Å². The summed E-state index contributed by atoms with van der Waals surface area (Å²) in [5.74, 6) is 0. The van der Waals surface area contributed by atoms with Gasteiger partial charge in [0.15, 0.2) is 0 Å². The Hall–Kier alpha value is -1.61. The molecule has 3 heteroatoms. The van der Waals surface area contributed by atoms with Crippen molar-refractivity contribution in [3.05, 3.63) is 48.0 Å². The maximum absolute atomic E-state index is 4.32. The number of benzene rings is 1. The first-order valence-electron chi connectivity index (χ1n) is 6.73. The van der Waals surface area contributed by atoms with Crippen molar-refractivity contribution in [3.8, 4) is 5.69 Å². The highest BCUT2D eigenvalue weighted by Crippen LogP contribution is 2.25. The predicted molar refractivity (Wildman–Crippen MR) is 72.9 cm³/mol. The Morgan fingerprint density at radius 2 is 2.39 bits per heavy atom. The van der Waals surface area contributed by atoms with Crippen LogP contribution in [0.1, 0.15) is 37.1 Å². The van der Waals surface area contributed by atoms with E-state index in [1.54, 1.807) is 0 Å². The zero-order valence-electron chi connectivity index (χ0n) is 10.8. The Morgan fingerprint density at radius 3 is 3.17 bits per heavy atom. The normalized spacial score (nSPS) is 19.3. The van der Waals surface area contributed by atoms with E-state index < -0.39 is 0 Å². The Balaban J connectivity index is 1.98. The largest absolute Gasteiger partial charge is 0.309 e. The summed E-state index contributed by atoms with van der Waals surface area (Å²) < 4.78 is 2.21. The van der Waals surface area contributed by atoms with Gasteiger partial charge in [0.2, 0.25) is 0 Å². The van der Waals surface area contributed by atoms with E-state index in [0.29, 0.717) is 6.04 Å². The van der Waals surface area contributed by atoms with Gasteiger partial charge in [-0.2, -0.15) is 0 Å². The quantitative estimate of drug-likeness (QED) is 0.895. The molecule has 0 spiro atoms. The second-order valence-corrected chi connectivity index (χ2v) is 4.86. The fourth-order valence-electron chi connectivity index (χ4n) is 2.64. The SMILES string of the molecule is CCc1cccc(-n2cncc2[C@@H]2CCCN2)c1. The molecule has 2 aromatic rings. The molecule has 1 N–H and O–H groups in total. The molecule has 94 valence electrons. The van der Waals surface area contributed by atoms with Gasteiger partial charge in [0.25, 0.3) is 0 Å². The van der Waals surface area contributed by atoms with Gasteiger partial charge in [-0.1, -0.05) is 19.1 Å². The predicted octanol–water partition coefficient (Wildman–Crippen LogP) is 2.86. The van der Waals surface area contributed by atoms with Crippen LogP contribution in [0.15, 0.2) is 36.8 Å². The Labute approximate surface area is 108 Å². The van der Waals surface area contributed by atoms with Gasteiger partial charge in [0, 0.05) is 11.7 Å². The summed E-state index contributed by atoms with van der Waals surface area (Å²) in [6.45, 7) is 3.30. The average molecular weight is 241 g/mol. The number of aromatic nitrogens is 2. The van der Waals surface area contributed by atoms with Crippen LogP contribution in [0.5, 0.6) is 0 Å². The molecule has 1 aliphatic rings. The molecule has 1 atom stereocenters. The number of hydrogen-bond acceptors (Lipinski definition) is 2. The molecular formula is C15H19N3. The first-order chi connectivity index (χ1) is 8.88. The zero-order valence-corrected chi connectivity index (χ0v) is 10.8. The summed E-state index contributed by atoms with van der Waals surface area (Å²) in [6, 6.07) is 9.16. The highest BCUT2D eigenvalue weighted by atomic mass is 15.1. The lowest BCUT2D eigenvalue weighted by atomic mass is 10.1. The molecule has 18 heavy (non-hydrogen) atoms. The Bertz CT molecular complexity index is 524. The molecule has 1 aromatic carbocycles. The van der Waals surface area contributed by atoms with Gasteiger partial charge in [0.05, 0.1) is 18.2 Å². The van der Waals surface area contributed by atoms with E-state index in [-0.39, 0.29) is 0 Å². The molecule has 0 unspecified atom stereocenters. The molecule has 0 bridgehead atoms. The van der Waals surface area contributed by atoms with Crippen LogP contribution < -0.4 is 5.32 Å². The van der Waals surface area contributed by atoms with Crippen molar-refractivity contribution in [2.75, 3.05) is 6.54 Å². The topological polar surface area (TPSA) is 29.9 Å². The summed E-state index contributed by atoms with van der Waals surface area (Å²) in [7, 11) is 0. The molecule has 1 aromatic heterocycles. The van der Waals surface area contributed by atoms with Gasteiger partial charge in [-0.05, 0) is 43.5 Å². The minimum absolute atomic E-state index is 0.456. The van der Waals surface area contributed by atoms with Crippen molar-refractivity contribution in [1.29, 1.82) is 0 Å². The standard InChI is InChI=1S/C15H19N3/c1-2-12-5-3-6-13(9-12)18-11-16-10-15(18)14-7-4-8-17-14/h3,5-6,9-11,14,17H,2,4,7-8H2,1H3/t14-/m0/s1. The van der Waals surface area contributed by atoms with E-state index in [4.69, 9.17) is 0 Å². The maximum Gasteiger partial charge on any atom is 0.0994 e. The summed E-state index contributed by atoms with van der Waals surface area (Å²) >= 11 is 0. The number of rotatable bonds is 3. The molecule has 0 aliphatic carbocycles. The molecule has 3 nitrogen and oxygen atoms in total. The van der Waals surface area contributed by atoms with Crippen molar-refractivity contribution in [3.63, 3.8) is 0 Å². The number of imidazole rings is 1. The first kappa shape index (κ1) is 11.5. The monoisotopic (exact) mass is 241 g/mol. The summed E-state index contributed by atoms with van der Waals surface area (Å²) in [6.07, 6.45) is 7.44. The molecular weight excluding hydrogens is 222 g/mol. The molecule has 0 saturated carbocycles. The second kappa shape index (κ2) is 4.94. The molecule has 3 rings (SSSR count). The zero-order chi connectivity index (χ0) is 12.4. The minimum atomic E-state index is 0.456. The third kappa shape index (κ3) is 2.06. The summed E-state index contributed by atoms with van der Waals surface area (Å²) in [5, 5.41) is 3.54. The molecule has 1 fully saturated rings. The summed E-state index contributed by atoms with van der Waals surface area (Å²) in [4.78, 5) is 4.32. The Morgan fingerprint density at radius 1 is 1.44 bits per heavy atom. The van der Waals surface area contributed by atoms with Gasteiger partial charge in [-0.15, -0.1) is 0 Å². The molecule has 0 radical (unpaired) electrons. The van der Waals surface area contributed by atoms with E-state index in [1.807, 2.05) is 12.5 Å². The van der Waals surface area contributed by atoms with Crippen molar-refractivity contribution >= 4 is 0 Å². The third-order valence-corrected chi connectivity index (χ3v) is 3.68. The van der Waals surface area contributed by atoms with Gasteiger partial charge in [0.1, 0.15) is 0 Å². The number of aryl methyl sites for hydroxylation is 1. The van der Waals surface area contributed by atoms with E-state index in [1.165, 1.54) is 29.8 Å². The van der Waals surface area contributed by atoms with Crippen molar-refractivity contribution in [1.82, 2.24) is 14.9 Å². The van der Waals surface area contributed by atoms with Crippen LogP contribution in [-0.2, 0) is 6.42 Å². The lowest BCUT2D eigenvalue weighted by Crippen LogP contribution is -2.16. The van der Waals surface area contributed by atoms with Crippen LogP contribution in [0.4, 0.5) is 0 Å². The van der Waals surface area contributed by atoms with Crippen LogP contribution in [0.3, 0.4) is 0 Å². The lowest BCUT2D eigenvalue weighted by molar-refractivity contribution is 0.615. The Kier molecular flexibility index (Phi) is 3.15. The molecule has 0 amide bonds. The number of hydrogen-bond donors (Lipinski definition) is 1. The number of nitrogens with one attached hydrogen (secondary N) is 1. The van der Waals surface area contributed by atoms with Crippen LogP contribution in [-0.4, -0.2) is 16.1 Å². The van der Waals surface area contributed by atoms with Crippen LogP contribution >= 0.6 is 0 Å². The second-order valence-electron chi connectivity index (χ2n) is 4.86. The first-order valence-corrected chi connectivity index (χ1v) is 6.73. The fourth-order valence-corrected chi connectivity index (χ4v) is 2.64. The number of nitrogens with zero attached hydrogens (tertiary/aromatic N) is 2. The molecule has 1 aliphatic heterocycles. The molecule has 1 saturated heterocycles. The third-order valence-electron chi connectivity index (χ3n) is 3.68. The summed E-state index contributed by atoms with van der Waals surface area (Å²) in [5.41, 5.74) is 3.86. The average Bonchev–Trinajstić information content (AvgIpc) is 3.09. The fraction of sp³-hybridized carbons (Fsp3) is 0.400. The van der Waals surface area contributed by atoms with E-state index in [0.717, 1.165) is 13.0 Å². The maximum atomic E-state index is 4.32. The van der Waals surface area contributed by atoms with E-state index in [9.17, 15) is 0 Å². The minimum Gasteiger partial charge on any atom is -0.309 e. The van der Waals surface area contributed by atoms with Crippen molar-refractivity contribution in [2.24, 2.45) is 0 Å². The van der Waals surface area contributed by atoms with E-state index >= 15 is 0 Å². The van der Waals surface area contributed by atoms with Gasteiger partial charge in [-0.3, -0.25) is 0 Å². The van der Waals surface area contributed by atoms with Gasteiger partial charge >= 0.3 is 0 Å². The van der Waals surface area contributed by atoms with Crippen molar-refractivity contribution < 1.29 is 0 Å².